The fourth-order valence-corrected chi connectivity index (χ4v) is 2.63. The number of hydrogen-bond acceptors (Lipinski definition) is 4. The van der Waals surface area contributed by atoms with E-state index in [9.17, 15) is 14.0 Å². The molecular formula is C17H21ClFNO4. The van der Waals surface area contributed by atoms with E-state index >= 15 is 0 Å². The van der Waals surface area contributed by atoms with Crippen molar-refractivity contribution in [2.45, 2.75) is 45.3 Å². The van der Waals surface area contributed by atoms with Crippen LogP contribution in [-0.2, 0) is 9.47 Å². The Morgan fingerprint density at radius 3 is 2.42 bits per heavy atom. The molecule has 132 valence electrons. The van der Waals surface area contributed by atoms with E-state index in [1.807, 2.05) is 0 Å². The van der Waals surface area contributed by atoms with Crippen LogP contribution in [0.5, 0.6) is 0 Å². The Morgan fingerprint density at radius 2 is 1.88 bits per heavy atom. The van der Waals surface area contributed by atoms with Gasteiger partial charge in [0.25, 0.3) is 0 Å². The molecule has 0 saturated carbocycles. The highest BCUT2D eigenvalue weighted by atomic mass is 35.5. The largest absolute Gasteiger partial charge is 0.459 e. The summed E-state index contributed by atoms with van der Waals surface area (Å²) in [5, 5.41) is 0.0196. The number of piperidine rings is 1. The minimum Gasteiger partial charge on any atom is -0.459 e. The zero-order valence-corrected chi connectivity index (χ0v) is 14.7. The van der Waals surface area contributed by atoms with Gasteiger partial charge in [-0.25, -0.2) is 14.0 Å². The predicted octanol–water partition coefficient (Wildman–Crippen LogP) is 4.04. The molecule has 1 aliphatic rings. The first-order chi connectivity index (χ1) is 11.2. The van der Waals surface area contributed by atoms with Crippen LogP contribution in [0.1, 0.15) is 44.0 Å². The van der Waals surface area contributed by atoms with Gasteiger partial charge in [0.1, 0.15) is 23.1 Å². The van der Waals surface area contributed by atoms with Crippen LogP contribution < -0.4 is 0 Å². The molecule has 0 atom stereocenters. The first-order valence-corrected chi connectivity index (χ1v) is 8.18. The van der Waals surface area contributed by atoms with Gasteiger partial charge < -0.3 is 14.4 Å². The molecule has 0 unspecified atom stereocenters. The van der Waals surface area contributed by atoms with Crippen molar-refractivity contribution in [1.82, 2.24) is 4.90 Å². The fraction of sp³-hybridized carbons (Fsp3) is 0.529. The zero-order valence-electron chi connectivity index (χ0n) is 14.0. The van der Waals surface area contributed by atoms with Crippen LogP contribution in [-0.4, -0.2) is 41.8 Å². The molecule has 1 aliphatic heterocycles. The van der Waals surface area contributed by atoms with Crippen molar-refractivity contribution >= 4 is 23.7 Å². The third-order valence-corrected chi connectivity index (χ3v) is 3.85. The van der Waals surface area contributed by atoms with Gasteiger partial charge in [0, 0.05) is 25.9 Å². The second-order valence-electron chi connectivity index (χ2n) is 6.67. The SMILES string of the molecule is CC(C)(C)OC(=O)N1CCC(OC(=O)c2c(F)cccc2Cl)CC1. The van der Waals surface area contributed by atoms with Crippen LogP contribution >= 0.6 is 11.6 Å². The lowest BCUT2D eigenvalue weighted by Crippen LogP contribution is -2.43. The van der Waals surface area contributed by atoms with Crippen molar-refractivity contribution < 1.29 is 23.5 Å². The molecule has 2 rings (SSSR count). The van der Waals surface area contributed by atoms with Crippen LogP contribution in [0.4, 0.5) is 9.18 Å². The van der Waals surface area contributed by atoms with Gasteiger partial charge in [-0.15, -0.1) is 0 Å². The van der Waals surface area contributed by atoms with Gasteiger partial charge in [0.05, 0.1) is 5.02 Å². The van der Waals surface area contributed by atoms with Gasteiger partial charge >= 0.3 is 12.1 Å². The van der Waals surface area contributed by atoms with E-state index in [4.69, 9.17) is 21.1 Å². The smallest absolute Gasteiger partial charge is 0.410 e. The maximum Gasteiger partial charge on any atom is 0.410 e. The van der Waals surface area contributed by atoms with Crippen molar-refractivity contribution in [3.05, 3.63) is 34.6 Å². The molecule has 5 nitrogen and oxygen atoms in total. The van der Waals surface area contributed by atoms with E-state index in [-0.39, 0.29) is 22.8 Å². The average molecular weight is 358 g/mol. The van der Waals surface area contributed by atoms with E-state index in [1.165, 1.54) is 12.1 Å². The van der Waals surface area contributed by atoms with Gasteiger partial charge in [0.2, 0.25) is 0 Å². The number of carbonyl (C=O) groups is 2. The number of halogens is 2. The third kappa shape index (κ3) is 4.84. The molecule has 1 heterocycles. The number of nitrogens with zero attached hydrogens (tertiary/aromatic N) is 1. The Kier molecular flexibility index (Phi) is 5.70. The Balaban J connectivity index is 1.89. The van der Waals surface area contributed by atoms with Gasteiger partial charge in [0.15, 0.2) is 0 Å². The van der Waals surface area contributed by atoms with Gasteiger partial charge in [-0.2, -0.15) is 0 Å². The Hall–Kier alpha value is -1.82. The van der Waals surface area contributed by atoms with E-state index < -0.39 is 17.4 Å². The molecule has 1 aromatic carbocycles. The van der Waals surface area contributed by atoms with Crippen molar-refractivity contribution in [2.24, 2.45) is 0 Å². The molecule has 0 bridgehead atoms. The van der Waals surface area contributed by atoms with Gasteiger partial charge in [-0.1, -0.05) is 17.7 Å². The van der Waals surface area contributed by atoms with E-state index in [0.717, 1.165) is 6.07 Å². The minimum atomic E-state index is -0.784. The lowest BCUT2D eigenvalue weighted by molar-refractivity contribution is -0.00358. The highest BCUT2D eigenvalue weighted by Crippen LogP contribution is 2.23. The molecule has 1 aromatic rings. The number of ether oxygens (including phenoxy) is 2. The quantitative estimate of drug-likeness (QED) is 0.750. The number of likely N-dealkylation sites (tertiary alicyclic amines) is 1. The summed E-state index contributed by atoms with van der Waals surface area (Å²) in [4.78, 5) is 25.7. The van der Waals surface area contributed by atoms with Gasteiger partial charge in [-0.3, -0.25) is 0 Å². The van der Waals surface area contributed by atoms with Crippen LogP contribution in [0.3, 0.4) is 0 Å². The molecule has 0 aliphatic carbocycles. The van der Waals surface area contributed by atoms with Crippen LogP contribution in [0, 0.1) is 5.82 Å². The maximum absolute atomic E-state index is 13.7. The molecule has 1 amide bonds. The van der Waals surface area contributed by atoms with E-state index in [1.54, 1.807) is 25.7 Å². The molecule has 0 radical (unpaired) electrons. The first-order valence-electron chi connectivity index (χ1n) is 7.80. The molecule has 1 fully saturated rings. The number of rotatable bonds is 2. The Labute approximate surface area is 145 Å². The predicted molar refractivity (Wildman–Crippen MR) is 87.7 cm³/mol. The number of hydrogen-bond donors (Lipinski definition) is 0. The van der Waals surface area contributed by atoms with Crippen molar-refractivity contribution in [1.29, 1.82) is 0 Å². The second kappa shape index (κ2) is 7.38. The lowest BCUT2D eigenvalue weighted by atomic mass is 10.1. The molecule has 24 heavy (non-hydrogen) atoms. The van der Waals surface area contributed by atoms with Crippen LogP contribution in [0.15, 0.2) is 18.2 Å². The zero-order chi connectivity index (χ0) is 17.9. The second-order valence-corrected chi connectivity index (χ2v) is 7.08. The summed E-state index contributed by atoms with van der Waals surface area (Å²) in [6.45, 7) is 6.24. The number of amides is 1. The summed E-state index contributed by atoms with van der Waals surface area (Å²) < 4.78 is 24.4. The summed E-state index contributed by atoms with van der Waals surface area (Å²) in [5.41, 5.74) is -0.809. The lowest BCUT2D eigenvalue weighted by Gasteiger charge is -2.33. The summed E-state index contributed by atoms with van der Waals surface area (Å²) in [6, 6.07) is 4.02. The third-order valence-electron chi connectivity index (χ3n) is 3.53. The van der Waals surface area contributed by atoms with Crippen LogP contribution in [0.2, 0.25) is 5.02 Å². The fourth-order valence-electron chi connectivity index (χ4n) is 2.39. The summed E-state index contributed by atoms with van der Waals surface area (Å²) in [6.07, 6.45) is 0.171. The standard InChI is InChI=1S/C17H21ClFNO4/c1-17(2,3)24-16(22)20-9-7-11(8-10-20)23-15(21)14-12(18)5-4-6-13(14)19/h4-6,11H,7-10H2,1-3H3. The van der Waals surface area contributed by atoms with Crippen LogP contribution in [0.25, 0.3) is 0 Å². The summed E-state index contributed by atoms with van der Waals surface area (Å²) >= 11 is 5.86. The number of esters is 1. The van der Waals surface area contributed by atoms with E-state index in [2.05, 4.69) is 0 Å². The highest BCUT2D eigenvalue weighted by molar-refractivity contribution is 6.33. The summed E-state index contributed by atoms with van der Waals surface area (Å²) in [5.74, 6) is -1.49. The Morgan fingerprint density at radius 1 is 1.25 bits per heavy atom. The van der Waals surface area contributed by atoms with Crippen molar-refractivity contribution in [3.8, 4) is 0 Å². The van der Waals surface area contributed by atoms with Gasteiger partial charge in [-0.05, 0) is 32.9 Å². The monoisotopic (exact) mass is 357 g/mol. The minimum absolute atomic E-state index is 0.0196. The molecule has 1 saturated heterocycles. The normalized spacial score (nSPS) is 16.0. The topological polar surface area (TPSA) is 55.8 Å². The molecule has 0 N–H and O–H groups in total. The average Bonchev–Trinajstić information content (AvgIpc) is 2.46. The molecule has 0 aromatic heterocycles. The maximum atomic E-state index is 13.7. The number of benzene rings is 1. The van der Waals surface area contributed by atoms with E-state index in [0.29, 0.717) is 25.9 Å². The highest BCUT2D eigenvalue weighted by Gasteiger charge is 2.29. The first kappa shape index (κ1) is 18.5. The van der Waals surface area contributed by atoms with Crippen molar-refractivity contribution in [2.75, 3.05) is 13.1 Å². The molecular weight excluding hydrogens is 337 g/mol. The number of carbonyl (C=O) groups excluding carboxylic acids is 2. The summed E-state index contributed by atoms with van der Waals surface area (Å²) in [7, 11) is 0. The van der Waals surface area contributed by atoms with Crippen molar-refractivity contribution in [3.63, 3.8) is 0 Å². The molecule has 0 spiro atoms. The molecule has 7 heteroatoms. The Bertz CT molecular complexity index is 601.